The predicted octanol–water partition coefficient (Wildman–Crippen LogP) is 3.95. The van der Waals surface area contributed by atoms with Crippen molar-refractivity contribution in [3.05, 3.63) is 34.6 Å². The van der Waals surface area contributed by atoms with Gasteiger partial charge in [-0.2, -0.15) is 0 Å². The Kier molecular flexibility index (Phi) is 3.40. The summed E-state index contributed by atoms with van der Waals surface area (Å²) in [5.74, 6) is 1.74. The quantitative estimate of drug-likeness (QED) is 0.885. The first kappa shape index (κ1) is 13.7. The van der Waals surface area contributed by atoms with Crippen molar-refractivity contribution in [1.82, 2.24) is 9.55 Å². The van der Waals surface area contributed by atoms with E-state index in [-0.39, 0.29) is 0 Å². The Labute approximate surface area is 115 Å². The van der Waals surface area contributed by atoms with Gasteiger partial charge in [0.1, 0.15) is 17.3 Å². The maximum atomic E-state index is 6.29. The molecule has 2 rings (SSSR count). The molecule has 1 aromatic heterocycles. The average Bonchev–Trinajstić information content (AvgIpc) is 2.59. The fraction of sp³-hybridized carbons (Fsp3) is 0.438. The SMILES string of the molecule is Cc1cc(C)c(-c2nc(C)n(C(C)C)c2N)cc1C. The first-order valence-corrected chi connectivity index (χ1v) is 6.75. The van der Waals surface area contributed by atoms with E-state index < -0.39 is 0 Å². The molecular formula is C16H23N3. The molecule has 0 unspecified atom stereocenters. The van der Waals surface area contributed by atoms with Crippen molar-refractivity contribution < 1.29 is 0 Å². The largest absolute Gasteiger partial charge is 0.383 e. The topological polar surface area (TPSA) is 43.8 Å². The lowest BCUT2D eigenvalue weighted by Gasteiger charge is -2.12. The Morgan fingerprint density at radius 3 is 2.11 bits per heavy atom. The van der Waals surface area contributed by atoms with E-state index in [1.54, 1.807) is 0 Å². The molecule has 0 bridgehead atoms. The lowest BCUT2D eigenvalue weighted by Crippen LogP contribution is -2.07. The standard InChI is InChI=1S/C16H23N3/c1-9(2)19-13(6)18-15(16(19)17)14-8-11(4)10(3)7-12(14)5/h7-9H,17H2,1-6H3. The smallest absolute Gasteiger partial charge is 0.131 e. The normalized spacial score (nSPS) is 11.3. The highest BCUT2D eigenvalue weighted by Crippen LogP contribution is 2.32. The molecule has 1 heterocycles. The number of nitrogens with two attached hydrogens (primary N) is 1. The van der Waals surface area contributed by atoms with Crippen LogP contribution >= 0.6 is 0 Å². The van der Waals surface area contributed by atoms with Crippen molar-refractivity contribution in [2.45, 2.75) is 47.6 Å². The fourth-order valence-corrected chi connectivity index (χ4v) is 2.63. The van der Waals surface area contributed by atoms with Crippen LogP contribution in [0.2, 0.25) is 0 Å². The van der Waals surface area contributed by atoms with Gasteiger partial charge in [-0.05, 0) is 64.3 Å². The number of nitrogen functional groups attached to an aromatic ring is 1. The van der Waals surface area contributed by atoms with Crippen LogP contribution in [0.1, 0.15) is 42.4 Å². The second kappa shape index (κ2) is 4.72. The molecule has 2 N–H and O–H groups in total. The first-order chi connectivity index (χ1) is 8.82. The summed E-state index contributed by atoms with van der Waals surface area (Å²) in [6.07, 6.45) is 0. The minimum atomic E-state index is 0.327. The number of aryl methyl sites for hydroxylation is 4. The van der Waals surface area contributed by atoms with E-state index >= 15 is 0 Å². The third kappa shape index (κ3) is 2.25. The fourth-order valence-electron chi connectivity index (χ4n) is 2.63. The highest BCUT2D eigenvalue weighted by Gasteiger charge is 2.17. The van der Waals surface area contributed by atoms with Gasteiger partial charge < -0.3 is 10.3 Å². The van der Waals surface area contributed by atoms with Gasteiger partial charge in [-0.3, -0.25) is 0 Å². The summed E-state index contributed by atoms with van der Waals surface area (Å²) in [6.45, 7) is 12.6. The molecule has 0 atom stereocenters. The van der Waals surface area contributed by atoms with Gasteiger partial charge in [0, 0.05) is 11.6 Å². The van der Waals surface area contributed by atoms with Crippen LogP contribution in [0, 0.1) is 27.7 Å². The minimum absolute atomic E-state index is 0.327. The van der Waals surface area contributed by atoms with Gasteiger partial charge in [0.25, 0.3) is 0 Å². The molecule has 1 aromatic carbocycles. The third-order valence-electron chi connectivity index (χ3n) is 3.74. The Bertz CT molecular complexity index is 621. The van der Waals surface area contributed by atoms with Gasteiger partial charge in [0.15, 0.2) is 0 Å². The van der Waals surface area contributed by atoms with E-state index in [4.69, 9.17) is 5.73 Å². The Hall–Kier alpha value is -1.77. The number of hydrogen-bond acceptors (Lipinski definition) is 2. The third-order valence-corrected chi connectivity index (χ3v) is 3.74. The van der Waals surface area contributed by atoms with Crippen molar-refractivity contribution in [2.24, 2.45) is 0 Å². The molecule has 0 saturated carbocycles. The molecule has 0 saturated heterocycles. The Morgan fingerprint density at radius 1 is 1.00 bits per heavy atom. The molecule has 2 aromatic rings. The zero-order valence-corrected chi connectivity index (χ0v) is 12.7. The zero-order chi connectivity index (χ0) is 14.3. The van der Waals surface area contributed by atoms with Crippen LogP contribution in [-0.4, -0.2) is 9.55 Å². The molecule has 0 spiro atoms. The molecule has 3 nitrogen and oxygen atoms in total. The molecule has 0 aliphatic heterocycles. The van der Waals surface area contributed by atoms with E-state index in [1.807, 2.05) is 6.92 Å². The van der Waals surface area contributed by atoms with Crippen molar-refractivity contribution in [3.8, 4) is 11.3 Å². The summed E-state index contributed by atoms with van der Waals surface area (Å²) in [5, 5.41) is 0. The Morgan fingerprint density at radius 2 is 1.58 bits per heavy atom. The van der Waals surface area contributed by atoms with Gasteiger partial charge in [0.05, 0.1) is 0 Å². The van der Waals surface area contributed by atoms with Crippen LogP contribution < -0.4 is 5.73 Å². The van der Waals surface area contributed by atoms with Crippen LogP contribution in [0.25, 0.3) is 11.3 Å². The van der Waals surface area contributed by atoms with Gasteiger partial charge in [-0.1, -0.05) is 6.07 Å². The molecule has 102 valence electrons. The molecule has 0 amide bonds. The molecule has 3 heteroatoms. The summed E-state index contributed by atoms with van der Waals surface area (Å²) < 4.78 is 2.09. The summed E-state index contributed by atoms with van der Waals surface area (Å²) in [7, 11) is 0. The highest BCUT2D eigenvalue weighted by molar-refractivity contribution is 5.74. The van der Waals surface area contributed by atoms with E-state index in [0.717, 1.165) is 22.9 Å². The average molecular weight is 257 g/mol. The number of nitrogens with zero attached hydrogens (tertiary/aromatic N) is 2. The summed E-state index contributed by atoms with van der Waals surface area (Å²) in [5.41, 5.74) is 12.2. The molecule has 0 radical (unpaired) electrons. The summed E-state index contributed by atoms with van der Waals surface area (Å²) >= 11 is 0. The van der Waals surface area contributed by atoms with Crippen LogP contribution in [0.15, 0.2) is 12.1 Å². The predicted molar refractivity (Wildman–Crippen MR) is 81.4 cm³/mol. The number of anilines is 1. The summed E-state index contributed by atoms with van der Waals surface area (Å²) in [4.78, 5) is 4.67. The lowest BCUT2D eigenvalue weighted by atomic mass is 9.99. The number of benzene rings is 1. The second-order valence-electron chi connectivity index (χ2n) is 5.61. The van der Waals surface area contributed by atoms with Gasteiger partial charge in [-0.25, -0.2) is 4.98 Å². The number of hydrogen-bond donors (Lipinski definition) is 1. The molecular weight excluding hydrogens is 234 g/mol. The maximum Gasteiger partial charge on any atom is 0.131 e. The zero-order valence-electron chi connectivity index (χ0n) is 12.7. The monoisotopic (exact) mass is 257 g/mol. The number of imidazole rings is 1. The number of aromatic nitrogens is 2. The Balaban J connectivity index is 2.67. The van der Waals surface area contributed by atoms with Crippen LogP contribution in [0.3, 0.4) is 0 Å². The van der Waals surface area contributed by atoms with Crippen LogP contribution in [-0.2, 0) is 0 Å². The van der Waals surface area contributed by atoms with Crippen molar-refractivity contribution in [2.75, 3.05) is 5.73 Å². The van der Waals surface area contributed by atoms with Gasteiger partial charge in [0.2, 0.25) is 0 Å². The van der Waals surface area contributed by atoms with Crippen LogP contribution in [0.4, 0.5) is 5.82 Å². The first-order valence-electron chi connectivity index (χ1n) is 6.75. The maximum absolute atomic E-state index is 6.29. The van der Waals surface area contributed by atoms with E-state index in [0.29, 0.717) is 6.04 Å². The second-order valence-corrected chi connectivity index (χ2v) is 5.61. The van der Waals surface area contributed by atoms with E-state index in [2.05, 4.69) is 56.3 Å². The van der Waals surface area contributed by atoms with Crippen molar-refractivity contribution in [3.63, 3.8) is 0 Å². The molecule has 0 aliphatic carbocycles. The lowest BCUT2D eigenvalue weighted by molar-refractivity contribution is 0.590. The van der Waals surface area contributed by atoms with Gasteiger partial charge in [-0.15, -0.1) is 0 Å². The van der Waals surface area contributed by atoms with Crippen LogP contribution in [0.5, 0.6) is 0 Å². The van der Waals surface area contributed by atoms with Gasteiger partial charge >= 0.3 is 0 Å². The summed E-state index contributed by atoms with van der Waals surface area (Å²) in [6, 6.07) is 4.72. The molecule has 0 fully saturated rings. The molecule has 0 aliphatic rings. The highest BCUT2D eigenvalue weighted by atomic mass is 15.2. The van der Waals surface area contributed by atoms with E-state index in [9.17, 15) is 0 Å². The molecule has 19 heavy (non-hydrogen) atoms. The van der Waals surface area contributed by atoms with Crippen molar-refractivity contribution >= 4 is 5.82 Å². The minimum Gasteiger partial charge on any atom is -0.383 e. The van der Waals surface area contributed by atoms with Crippen molar-refractivity contribution in [1.29, 1.82) is 0 Å². The number of rotatable bonds is 2. The van der Waals surface area contributed by atoms with E-state index in [1.165, 1.54) is 16.7 Å².